The van der Waals surface area contributed by atoms with Gasteiger partial charge in [0.2, 0.25) is 0 Å². The number of hydrogen-bond donors (Lipinski definition) is 2. The van der Waals surface area contributed by atoms with Gasteiger partial charge in [-0.05, 0) is 31.4 Å². The van der Waals surface area contributed by atoms with Crippen LogP contribution in [0.5, 0.6) is 0 Å². The first-order valence-electron chi connectivity index (χ1n) is 9.50. The highest BCUT2D eigenvalue weighted by Crippen LogP contribution is 2.15. The minimum atomic E-state index is -0.118. The van der Waals surface area contributed by atoms with Gasteiger partial charge in [-0.3, -0.25) is 14.4 Å². The van der Waals surface area contributed by atoms with E-state index in [9.17, 15) is 4.79 Å². The lowest BCUT2D eigenvalue weighted by molar-refractivity contribution is -0.0295. The zero-order valence-electron chi connectivity index (χ0n) is 15.4. The van der Waals surface area contributed by atoms with Crippen LogP contribution in [0.3, 0.4) is 0 Å². The molecule has 2 saturated heterocycles. The van der Waals surface area contributed by atoms with Gasteiger partial charge in [0, 0.05) is 38.9 Å². The number of hydrogen-bond acceptors (Lipinski definition) is 5. The summed E-state index contributed by atoms with van der Waals surface area (Å²) >= 11 is 0. The monoisotopic (exact) mass is 349 g/mol. The first kappa shape index (κ1) is 18.4. The summed E-state index contributed by atoms with van der Waals surface area (Å²) in [6, 6.07) is 2.15. The van der Waals surface area contributed by atoms with Crippen LogP contribution in [0.15, 0.2) is 12.3 Å². The first-order chi connectivity index (χ1) is 12.1. The fraction of sp³-hybridized carbons (Fsp3) is 0.778. The van der Waals surface area contributed by atoms with Crippen LogP contribution in [-0.4, -0.2) is 72.6 Å². The summed E-state index contributed by atoms with van der Waals surface area (Å²) in [6.45, 7) is 10.6. The van der Waals surface area contributed by atoms with E-state index in [0.29, 0.717) is 24.2 Å². The summed E-state index contributed by atoms with van der Waals surface area (Å²) in [5.74, 6) is 0.527. The van der Waals surface area contributed by atoms with E-state index in [4.69, 9.17) is 4.74 Å². The number of ether oxygens (including phenoxy) is 1. The molecule has 0 radical (unpaired) electrons. The van der Waals surface area contributed by atoms with Crippen LogP contribution in [0.4, 0.5) is 0 Å². The second kappa shape index (κ2) is 8.78. The zero-order valence-corrected chi connectivity index (χ0v) is 15.4. The van der Waals surface area contributed by atoms with Crippen LogP contribution in [0, 0.1) is 5.92 Å². The van der Waals surface area contributed by atoms with Gasteiger partial charge in [-0.15, -0.1) is 0 Å². The van der Waals surface area contributed by atoms with Gasteiger partial charge in [0.05, 0.1) is 18.8 Å². The zero-order chi connectivity index (χ0) is 17.6. The smallest absolute Gasteiger partial charge is 0.271 e. The number of carbonyl (C=O) groups is 1. The standard InChI is InChI=1S/C18H31N5O2/c1-14(2)12-22-8-9-25-16(13-22)11-20-18(24)17-5-7-23(21-17)15-4-3-6-19-10-15/h5,7,14-16,19H,3-4,6,8-13H2,1-2H3,(H,20,24). The van der Waals surface area contributed by atoms with Crippen molar-refractivity contribution in [2.45, 2.75) is 38.8 Å². The van der Waals surface area contributed by atoms with Crippen LogP contribution in [0.1, 0.15) is 43.2 Å². The summed E-state index contributed by atoms with van der Waals surface area (Å²) in [6.07, 6.45) is 4.23. The maximum atomic E-state index is 12.4. The Kier molecular flexibility index (Phi) is 6.45. The van der Waals surface area contributed by atoms with Gasteiger partial charge >= 0.3 is 0 Å². The minimum Gasteiger partial charge on any atom is -0.374 e. The van der Waals surface area contributed by atoms with E-state index >= 15 is 0 Å². The van der Waals surface area contributed by atoms with Gasteiger partial charge in [0.25, 0.3) is 5.91 Å². The molecule has 0 saturated carbocycles. The maximum absolute atomic E-state index is 12.4. The third-order valence-corrected chi connectivity index (χ3v) is 4.82. The molecule has 1 amide bonds. The lowest BCUT2D eigenvalue weighted by Gasteiger charge is -2.33. The molecule has 0 bridgehead atoms. The Morgan fingerprint density at radius 1 is 1.52 bits per heavy atom. The molecule has 0 aliphatic carbocycles. The van der Waals surface area contributed by atoms with Gasteiger partial charge in [-0.2, -0.15) is 5.10 Å². The third kappa shape index (κ3) is 5.26. The Morgan fingerprint density at radius 3 is 3.16 bits per heavy atom. The highest BCUT2D eigenvalue weighted by molar-refractivity contribution is 5.92. The van der Waals surface area contributed by atoms with E-state index in [1.807, 2.05) is 10.9 Å². The van der Waals surface area contributed by atoms with Crippen LogP contribution in [0.2, 0.25) is 0 Å². The van der Waals surface area contributed by atoms with E-state index in [1.54, 1.807) is 6.07 Å². The average Bonchev–Trinajstić information content (AvgIpc) is 3.10. The summed E-state index contributed by atoms with van der Waals surface area (Å²) in [5.41, 5.74) is 0.486. The topological polar surface area (TPSA) is 71.4 Å². The average molecular weight is 349 g/mol. The van der Waals surface area contributed by atoms with Gasteiger partial charge in [-0.1, -0.05) is 13.8 Å². The maximum Gasteiger partial charge on any atom is 0.271 e. The summed E-state index contributed by atoms with van der Waals surface area (Å²) in [7, 11) is 0. The highest BCUT2D eigenvalue weighted by atomic mass is 16.5. The molecule has 2 fully saturated rings. The van der Waals surface area contributed by atoms with Crippen molar-refractivity contribution in [1.29, 1.82) is 0 Å². The van der Waals surface area contributed by atoms with Crippen molar-refractivity contribution in [3.05, 3.63) is 18.0 Å². The van der Waals surface area contributed by atoms with E-state index in [2.05, 4.69) is 34.5 Å². The Hall–Kier alpha value is -1.44. The molecule has 140 valence electrons. The van der Waals surface area contributed by atoms with Gasteiger partial charge < -0.3 is 15.4 Å². The van der Waals surface area contributed by atoms with E-state index in [-0.39, 0.29) is 12.0 Å². The lowest BCUT2D eigenvalue weighted by atomic mass is 10.1. The molecule has 3 rings (SSSR count). The second-order valence-corrected chi connectivity index (χ2v) is 7.54. The molecule has 0 aromatic carbocycles. The molecular formula is C18H31N5O2. The molecule has 0 spiro atoms. The van der Waals surface area contributed by atoms with Gasteiger partial charge in [0.1, 0.15) is 5.69 Å². The van der Waals surface area contributed by atoms with Crippen molar-refractivity contribution in [2.75, 3.05) is 45.9 Å². The van der Waals surface area contributed by atoms with Crippen LogP contribution in [-0.2, 0) is 4.74 Å². The number of nitrogens with one attached hydrogen (secondary N) is 2. The molecule has 2 aliphatic rings. The van der Waals surface area contributed by atoms with Crippen molar-refractivity contribution in [3.8, 4) is 0 Å². The Morgan fingerprint density at radius 2 is 2.40 bits per heavy atom. The van der Waals surface area contributed by atoms with Crippen molar-refractivity contribution >= 4 is 5.91 Å². The molecule has 1 aromatic heterocycles. The second-order valence-electron chi connectivity index (χ2n) is 7.54. The summed E-state index contributed by atoms with van der Waals surface area (Å²) in [5, 5.41) is 10.8. The van der Waals surface area contributed by atoms with E-state index < -0.39 is 0 Å². The number of carbonyl (C=O) groups excluding carboxylic acids is 1. The van der Waals surface area contributed by atoms with Crippen molar-refractivity contribution in [3.63, 3.8) is 0 Å². The molecule has 25 heavy (non-hydrogen) atoms. The number of nitrogens with zero attached hydrogens (tertiary/aromatic N) is 3. The Bertz CT molecular complexity index is 553. The molecule has 3 heterocycles. The molecule has 2 unspecified atom stereocenters. The predicted octanol–water partition coefficient (Wildman–Crippen LogP) is 0.894. The molecule has 2 N–H and O–H groups in total. The molecule has 7 heteroatoms. The fourth-order valence-electron chi connectivity index (χ4n) is 3.60. The number of morpholine rings is 1. The van der Waals surface area contributed by atoms with Gasteiger partial charge in [-0.25, -0.2) is 0 Å². The Balaban J connectivity index is 1.46. The van der Waals surface area contributed by atoms with E-state index in [0.717, 1.165) is 52.2 Å². The summed E-state index contributed by atoms with van der Waals surface area (Å²) < 4.78 is 7.71. The third-order valence-electron chi connectivity index (χ3n) is 4.82. The molecule has 1 aromatic rings. The molecule has 2 aliphatic heterocycles. The largest absolute Gasteiger partial charge is 0.374 e. The fourth-order valence-corrected chi connectivity index (χ4v) is 3.60. The first-order valence-corrected chi connectivity index (χ1v) is 9.50. The SMILES string of the molecule is CC(C)CN1CCOC(CNC(=O)c2ccn(C3CCCNC3)n2)C1. The van der Waals surface area contributed by atoms with Crippen LogP contribution in [0.25, 0.3) is 0 Å². The number of aromatic nitrogens is 2. The summed E-state index contributed by atoms with van der Waals surface area (Å²) in [4.78, 5) is 14.8. The lowest BCUT2D eigenvalue weighted by Crippen LogP contribution is -2.48. The number of amides is 1. The number of piperidine rings is 1. The quantitative estimate of drug-likeness (QED) is 0.798. The van der Waals surface area contributed by atoms with Crippen LogP contribution < -0.4 is 10.6 Å². The van der Waals surface area contributed by atoms with Crippen molar-refractivity contribution in [1.82, 2.24) is 25.3 Å². The molecular weight excluding hydrogens is 318 g/mol. The minimum absolute atomic E-state index is 0.0566. The molecule has 7 nitrogen and oxygen atoms in total. The highest BCUT2D eigenvalue weighted by Gasteiger charge is 2.22. The van der Waals surface area contributed by atoms with Crippen molar-refractivity contribution < 1.29 is 9.53 Å². The van der Waals surface area contributed by atoms with Crippen molar-refractivity contribution in [2.24, 2.45) is 5.92 Å². The van der Waals surface area contributed by atoms with Crippen LogP contribution >= 0.6 is 0 Å². The van der Waals surface area contributed by atoms with E-state index in [1.165, 1.54) is 0 Å². The Labute approximate surface area is 150 Å². The molecule has 2 atom stereocenters. The predicted molar refractivity (Wildman–Crippen MR) is 96.7 cm³/mol. The van der Waals surface area contributed by atoms with Gasteiger partial charge in [0.15, 0.2) is 0 Å². The number of rotatable bonds is 6. The normalized spacial score (nSPS) is 25.2.